The van der Waals surface area contributed by atoms with Crippen LogP contribution in [0.2, 0.25) is 10.0 Å². The van der Waals surface area contributed by atoms with Gasteiger partial charge in [0, 0.05) is 45.8 Å². The number of benzene rings is 3. The van der Waals surface area contributed by atoms with E-state index in [1.54, 1.807) is 43.3 Å². The lowest BCUT2D eigenvalue weighted by Crippen LogP contribution is -2.27. The van der Waals surface area contributed by atoms with Gasteiger partial charge in [-0.1, -0.05) is 41.4 Å². The molecule has 196 valence electrons. The van der Waals surface area contributed by atoms with Gasteiger partial charge in [-0.05, 0) is 55.5 Å². The molecular formula is C28H25Cl2N3O4S. The average molecular weight is 570 g/mol. The summed E-state index contributed by atoms with van der Waals surface area (Å²) in [6, 6.07) is 19.3. The van der Waals surface area contributed by atoms with E-state index < -0.39 is 5.97 Å². The molecule has 1 aromatic heterocycles. The van der Waals surface area contributed by atoms with E-state index in [0.29, 0.717) is 46.6 Å². The van der Waals surface area contributed by atoms with Gasteiger partial charge in [0.1, 0.15) is 0 Å². The SMILES string of the molecule is CCOC(=O)c1ccc(NC(=O)CSc2cn(CCNC(=O)c3ccc(Cl)cc3Cl)c3ccccc23)cc1. The molecule has 4 aromatic rings. The number of nitrogens with one attached hydrogen (secondary N) is 2. The second-order valence-corrected chi connectivity index (χ2v) is 10.1. The molecule has 1 heterocycles. The van der Waals surface area contributed by atoms with E-state index in [-0.39, 0.29) is 17.6 Å². The number of halogens is 2. The Bertz CT molecular complexity index is 1470. The third-order valence-electron chi connectivity index (χ3n) is 5.60. The van der Waals surface area contributed by atoms with Gasteiger partial charge in [-0.25, -0.2) is 4.79 Å². The zero-order chi connectivity index (χ0) is 27.1. The number of aromatic nitrogens is 1. The summed E-state index contributed by atoms with van der Waals surface area (Å²) in [4.78, 5) is 37.9. The normalized spacial score (nSPS) is 10.8. The predicted molar refractivity (Wildman–Crippen MR) is 152 cm³/mol. The van der Waals surface area contributed by atoms with Crippen molar-refractivity contribution in [1.29, 1.82) is 0 Å². The van der Waals surface area contributed by atoms with E-state index in [1.807, 2.05) is 35.0 Å². The Balaban J connectivity index is 1.35. The summed E-state index contributed by atoms with van der Waals surface area (Å²) in [6.45, 7) is 2.98. The van der Waals surface area contributed by atoms with Gasteiger partial charge in [-0.3, -0.25) is 9.59 Å². The molecule has 10 heteroatoms. The van der Waals surface area contributed by atoms with Crippen LogP contribution in [0.5, 0.6) is 0 Å². The summed E-state index contributed by atoms with van der Waals surface area (Å²) in [6.07, 6.45) is 1.98. The van der Waals surface area contributed by atoms with E-state index in [9.17, 15) is 14.4 Å². The minimum absolute atomic E-state index is 0.164. The highest BCUT2D eigenvalue weighted by Gasteiger charge is 2.13. The van der Waals surface area contributed by atoms with Crippen LogP contribution in [0.1, 0.15) is 27.6 Å². The number of amides is 2. The Hall–Kier alpha value is -3.46. The van der Waals surface area contributed by atoms with E-state index in [0.717, 1.165) is 15.8 Å². The van der Waals surface area contributed by atoms with Crippen molar-refractivity contribution >= 4 is 69.3 Å². The van der Waals surface area contributed by atoms with Crippen LogP contribution in [0.25, 0.3) is 10.9 Å². The average Bonchev–Trinajstić information content (AvgIpc) is 3.25. The zero-order valence-corrected chi connectivity index (χ0v) is 22.8. The standard InChI is InChI=1S/C28H25Cl2N3O4S/c1-2-37-28(36)18-7-10-20(11-8-18)32-26(34)17-38-25-16-33(24-6-4-3-5-22(24)25)14-13-31-27(35)21-12-9-19(29)15-23(21)30/h3-12,15-16H,2,13-14,17H2,1H3,(H,31,35)(H,32,34). The highest BCUT2D eigenvalue weighted by Crippen LogP contribution is 2.30. The minimum Gasteiger partial charge on any atom is -0.462 e. The largest absolute Gasteiger partial charge is 0.462 e. The molecule has 0 radical (unpaired) electrons. The maximum atomic E-state index is 12.6. The number of anilines is 1. The van der Waals surface area contributed by atoms with Crippen molar-refractivity contribution in [3.8, 4) is 0 Å². The maximum absolute atomic E-state index is 12.6. The van der Waals surface area contributed by atoms with Gasteiger partial charge >= 0.3 is 5.97 Å². The van der Waals surface area contributed by atoms with Gasteiger partial charge in [0.2, 0.25) is 5.91 Å². The number of carbonyl (C=O) groups excluding carboxylic acids is 3. The van der Waals surface area contributed by atoms with E-state index in [2.05, 4.69) is 10.6 Å². The van der Waals surface area contributed by atoms with Gasteiger partial charge < -0.3 is 19.9 Å². The van der Waals surface area contributed by atoms with Crippen molar-refractivity contribution in [2.45, 2.75) is 18.4 Å². The summed E-state index contributed by atoms with van der Waals surface area (Å²) < 4.78 is 7.03. The van der Waals surface area contributed by atoms with Crippen molar-refractivity contribution in [3.63, 3.8) is 0 Å². The van der Waals surface area contributed by atoms with Crippen molar-refractivity contribution < 1.29 is 19.1 Å². The fourth-order valence-corrected chi connectivity index (χ4v) is 5.20. The molecule has 2 N–H and O–H groups in total. The number of carbonyl (C=O) groups is 3. The molecule has 0 unspecified atom stereocenters. The summed E-state index contributed by atoms with van der Waals surface area (Å²) in [5.41, 5.74) is 2.40. The first-order valence-corrected chi connectivity index (χ1v) is 13.6. The third-order valence-corrected chi connectivity index (χ3v) is 7.20. The first-order chi connectivity index (χ1) is 18.4. The number of hydrogen-bond donors (Lipinski definition) is 2. The summed E-state index contributed by atoms with van der Waals surface area (Å²) in [5.74, 6) is -0.627. The smallest absolute Gasteiger partial charge is 0.338 e. The van der Waals surface area contributed by atoms with Gasteiger partial charge in [0.25, 0.3) is 5.91 Å². The lowest BCUT2D eigenvalue weighted by Gasteiger charge is -2.09. The van der Waals surface area contributed by atoms with Crippen LogP contribution >= 0.6 is 35.0 Å². The Morgan fingerprint density at radius 2 is 1.76 bits per heavy atom. The Morgan fingerprint density at radius 3 is 2.50 bits per heavy atom. The van der Waals surface area contributed by atoms with Gasteiger partial charge in [-0.2, -0.15) is 0 Å². The summed E-state index contributed by atoms with van der Waals surface area (Å²) in [5, 5.41) is 7.53. The number of fused-ring (bicyclic) bond motifs is 1. The van der Waals surface area contributed by atoms with Crippen molar-refractivity contribution in [2.24, 2.45) is 0 Å². The molecule has 0 aliphatic rings. The number of ether oxygens (including phenoxy) is 1. The lowest BCUT2D eigenvalue weighted by molar-refractivity contribution is -0.113. The summed E-state index contributed by atoms with van der Waals surface area (Å²) >= 11 is 13.5. The fraction of sp³-hybridized carbons (Fsp3) is 0.179. The number of hydrogen-bond acceptors (Lipinski definition) is 5. The quantitative estimate of drug-likeness (QED) is 0.173. The minimum atomic E-state index is -0.398. The van der Waals surface area contributed by atoms with Crippen LogP contribution in [0.4, 0.5) is 5.69 Å². The van der Waals surface area contributed by atoms with E-state index in [4.69, 9.17) is 27.9 Å². The number of rotatable bonds is 10. The predicted octanol–water partition coefficient (Wildman–Crippen LogP) is 6.29. The zero-order valence-electron chi connectivity index (χ0n) is 20.5. The molecule has 2 amide bonds. The first-order valence-electron chi connectivity index (χ1n) is 11.9. The van der Waals surface area contributed by atoms with Gasteiger partial charge in [0.15, 0.2) is 0 Å². The molecule has 0 saturated carbocycles. The Labute approximate surface area is 234 Å². The van der Waals surface area contributed by atoms with Crippen LogP contribution < -0.4 is 10.6 Å². The van der Waals surface area contributed by atoms with E-state index in [1.165, 1.54) is 17.8 Å². The van der Waals surface area contributed by atoms with Gasteiger partial charge in [0.05, 0.1) is 28.5 Å². The van der Waals surface area contributed by atoms with Crippen molar-refractivity contribution in [2.75, 3.05) is 24.2 Å². The number of para-hydroxylation sites is 1. The second kappa shape index (κ2) is 12.9. The molecule has 3 aromatic carbocycles. The molecule has 0 spiro atoms. The van der Waals surface area contributed by atoms with Crippen LogP contribution in [0.15, 0.2) is 77.8 Å². The molecule has 0 aliphatic heterocycles. The van der Waals surface area contributed by atoms with Crippen LogP contribution in [-0.2, 0) is 16.1 Å². The molecule has 0 saturated heterocycles. The highest BCUT2D eigenvalue weighted by atomic mass is 35.5. The molecule has 7 nitrogen and oxygen atoms in total. The van der Waals surface area contributed by atoms with E-state index >= 15 is 0 Å². The third kappa shape index (κ3) is 6.89. The Kier molecular flexibility index (Phi) is 9.33. The van der Waals surface area contributed by atoms with Crippen LogP contribution in [0.3, 0.4) is 0 Å². The molecule has 0 atom stereocenters. The molecule has 0 fully saturated rings. The Morgan fingerprint density at radius 1 is 1.00 bits per heavy atom. The number of nitrogens with zero attached hydrogens (tertiary/aromatic N) is 1. The molecule has 0 bridgehead atoms. The van der Waals surface area contributed by atoms with Crippen molar-refractivity contribution in [1.82, 2.24) is 9.88 Å². The molecule has 38 heavy (non-hydrogen) atoms. The summed E-state index contributed by atoms with van der Waals surface area (Å²) in [7, 11) is 0. The lowest BCUT2D eigenvalue weighted by atomic mass is 10.2. The van der Waals surface area contributed by atoms with Crippen LogP contribution in [0, 0.1) is 0 Å². The number of esters is 1. The van der Waals surface area contributed by atoms with Crippen LogP contribution in [-0.4, -0.2) is 41.3 Å². The highest BCUT2D eigenvalue weighted by molar-refractivity contribution is 8.00. The number of thioether (sulfide) groups is 1. The second-order valence-electron chi connectivity index (χ2n) is 8.22. The first kappa shape index (κ1) is 27.6. The molecular weight excluding hydrogens is 545 g/mol. The van der Waals surface area contributed by atoms with Gasteiger partial charge in [-0.15, -0.1) is 11.8 Å². The molecule has 0 aliphatic carbocycles. The van der Waals surface area contributed by atoms with Crippen molar-refractivity contribution in [3.05, 3.63) is 94.1 Å². The topological polar surface area (TPSA) is 89.4 Å². The molecule has 4 rings (SSSR count). The maximum Gasteiger partial charge on any atom is 0.338 e. The monoisotopic (exact) mass is 569 g/mol. The fourth-order valence-electron chi connectivity index (χ4n) is 3.82.